The molecule has 0 saturated carbocycles. The monoisotopic (exact) mass is 156 g/mol. The molecule has 0 amide bonds. The van der Waals surface area contributed by atoms with Gasteiger partial charge in [-0.25, -0.2) is 0 Å². The number of hydrogen-bond donors (Lipinski definition) is 1. The van der Waals surface area contributed by atoms with Gasteiger partial charge in [0.05, 0.1) is 6.10 Å². The van der Waals surface area contributed by atoms with Gasteiger partial charge in [-0.3, -0.25) is 0 Å². The number of allylic oxidation sites excluding steroid dienone is 1. The lowest BCUT2D eigenvalue weighted by molar-refractivity contribution is 0.243. The molecule has 0 aliphatic carbocycles. The van der Waals surface area contributed by atoms with Crippen LogP contribution in [0.5, 0.6) is 0 Å². The SMILES string of the molecule is CCC(C)(C)C/C=C/C(C)O. The molecule has 0 bridgehead atoms. The minimum Gasteiger partial charge on any atom is -0.389 e. The van der Waals surface area contributed by atoms with Crippen LogP contribution >= 0.6 is 0 Å². The molecule has 0 heterocycles. The van der Waals surface area contributed by atoms with Crippen LogP contribution in [0.2, 0.25) is 0 Å². The molecule has 1 N–H and O–H groups in total. The van der Waals surface area contributed by atoms with E-state index in [4.69, 9.17) is 5.11 Å². The summed E-state index contributed by atoms with van der Waals surface area (Å²) in [5, 5.41) is 8.94. The molecule has 0 fully saturated rings. The summed E-state index contributed by atoms with van der Waals surface area (Å²) in [6, 6.07) is 0. The molecule has 1 unspecified atom stereocenters. The second kappa shape index (κ2) is 4.55. The first-order chi connectivity index (χ1) is 4.98. The molecule has 0 spiro atoms. The Morgan fingerprint density at radius 3 is 2.36 bits per heavy atom. The lowest BCUT2D eigenvalue weighted by Gasteiger charge is -2.19. The zero-order valence-corrected chi connectivity index (χ0v) is 8.09. The predicted molar refractivity (Wildman–Crippen MR) is 49.5 cm³/mol. The van der Waals surface area contributed by atoms with Gasteiger partial charge in [0.15, 0.2) is 0 Å². The van der Waals surface area contributed by atoms with Gasteiger partial charge >= 0.3 is 0 Å². The molecule has 1 heteroatoms. The van der Waals surface area contributed by atoms with E-state index in [1.54, 1.807) is 6.92 Å². The minimum absolute atomic E-state index is 0.303. The Balaban J connectivity index is 3.69. The molecule has 11 heavy (non-hydrogen) atoms. The van der Waals surface area contributed by atoms with Crippen molar-refractivity contribution in [3.05, 3.63) is 12.2 Å². The van der Waals surface area contributed by atoms with Crippen LogP contribution < -0.4 is 0 Å². The Kier molecular flexibility index (Phi) is 4.43. The normalized spacial score (nSPS) is 15.7. The summed E-state index contributed by atoms with van der Waals surface area (Å²) in [6.07, 6.45) is 5.83. The van der Waals surface area contributed by atoms with Crippen molar-refractivity contribution in [2.24, 2.45) is 5.41 Å². The van der Waals surface area contributed by atoms with Crippen LogP contribution in [0, 0.1) is 5.41 Å². The van der Waals surface area contributed by atoms with Gasteiger partial charge < -0.3 is 5.11 Å². The Morgan fingerprint density at radius 1 is 1.45 bits per heavy atom. The molecule has 0 aromatic heterocycles. The zero-order valence-electron chi connectivity index (χ0n) is 8.09. The molecule has 0 aromatic rings. The van der Waals surface area contributed by atoms with Crippen LogP contribution in [-0.2, 0) is 0 Å². The molecule has 0 aliphatic rings. The van der Waals surface area contributed by atoms with Crippen LogP contribution in [0.1, 0.15) is 40.5 Å². The first-order valence-electron chi connectivity index (χ1n) is 4.32. The van der Waals surface area contributed by atoms with Crippen LogP contribution in [0.4, 0.5) is 0 Å². The molecule has 66 valence electrons. The van der Waals surface area contributed by atoms with E-state index < -0.39 is 0 Å². The molecule has 1 nitrogen and oxygen atoms in total. The van der Waals surface area contributed by atoms with E-state index >= 15 is 0 Å². The average molecular weight is 156 g/mol. The predicted octanol–water partition coefficient (Wildman–Crippen LogP) is 2.75. The molecule has 0 rings (SSSR count). The van der Waals surface area contributed by atoms with Crippen molar-refractivity contribution in [3.8, 4) is 0 Å². The van der Waals surface area contributed by atoms with Crippen LogP contribution in [-0.4, -0.2) is 11.2 Å². The van der Waals surface area contributed by atoms with Crippen molar-refractivity contribution in [1.29, 1.82) is 0 Å². The van der Waals surface area contributed by atoms with Crippen molar-refractivity contribution in [2.75, 3.05) is 0 Å². The average Bonchev–Trinajstić information content (AvgIpc) is 1.87. The Morgan fingerprint density at radius 2 is 2.00 bits per heavy atom. The van der Waals surface area contributed by atoms with E-state index in [1.807, 2.05) is 6.08 Å². The highest BCUT2D eigenvalue weighted by molar-refractivity contribution is 4.90. The van der Waals surface area contributed by atoms with Gasteiger partial charge in [-0.2, -0.15) is 0 Å². The van der Waals surface area contributed by atoms with E-state index in [9.17, 15) is 0 Å². The fraction of sp³-hybridized carbons (Fsp3) is 0.800. The third-order valence-electron chi connectivity index (χ3n) is 2.04. The fourth-order valence-electron chi connectivity index (χ4n) is 0.728. The molecular weight excluding hydrogens is 136 g/mol. The highest BCUT2D eigenvalue weighted by atomic mass is 16.3. The van der Waals surface area contributed by atoms with Gasteiger partial charge in [-0.05, 0) is 18.8 Å². The molecule has 0 aliphatic heterocycles. The lowest BCUT2D eigenvalue weighted by Crippen LogP contribution is -2.07. The summed E-state index contributed by atoms with van der Waals surface area (Å²) in [7, 11) is 0. The highest BCUT2D eigenvalue weighted by Gasteiger charge is 2.11. The van der Waals surface area contributed by atoms with Gasteiger partial charge in [0.2, 0.25) is 0 Å². The Bertz CT molecular complexity index is 123. The third-order valence-corrected chi connectivity index (χ3v) is 2.04. The van der Waals surface area contributed by atoms with Crippen molar-refractivity contribution < 1.29 is 5.11 Å². The Hall–Kier alpha value is -0.300. The summed E-state index contributed by atoms with van der Waals surface area (Å²) in [5.41, 5.74) is 0.380. The van der Waals surface area contributed by atoms with E-state index in [0.717, 1.165) is 6.42 Å². The summed E-state index contributed by atoms with van der Waals surface area (Å²) >= 11 is 0. The maximum absolute atomic E-state index is 8.94. The first kappa shape index (κ1) is 10.7. The Labute approximate surface area is 70.1 Å². The second-order valence-electron chi connectivity index (χ2n) is 3.89. The van der Waals surface area contributed by atoms with Crippen LogP contribution in [0.3, 0.4) is 0 Å². The molecule has 0 aromatic carbocycles. The van der Waals surface area contributed by atoms with Crippen LogP contribution in [0.25, 0.3) is 0 Å². The summed E-state index contributed by atoms with van der Waals surface area (Å²) in [4.78, 5) is 0. The van der Waals surface area contributed by atoms with Crippen LogP contribution in [0.15, 0.2) is 12.2 Å². The van der Waals surface area contributed by atoms with Gasteiger partial charge in [0.25, 0.3) is 0 Å². The van der Waals surface area contributed by atoms with Crippen molar-refractivity contribution in [1.82, 2.24) is 0 Å². The molecule has 0 radical (unpaired) electrons. The number of aliphatic hydroxyl groups excluding tert-OH is 1. The maximum Gasteiger partial charge on any atom is 0.0692 e. The van der Waals surface area contributed by atoms with E-state index in [0.29, 0.717) is 5.41 Å². The van der Waals surface area contributed by atoms with Crippen molar-refractivity contribution in [3.63, 3.8) is 0 Å². The number of rotatable bonds is 4. The third kappa shape index (κ3) is 6.11. The molecule has 0 saturated heterocycles. The quantitative estimate of drug-likeness (QED) is 0.620. The van der Waals surface area contributed by atoms with Gasteiger partial charge in [-0.1, -0.05) is 39.3 Å². The first-order valence-corrected chi connectivity index (χ1v) is 4.32. The minimum atomic E-state index is -0.303. The van der Waals surface area contributed by atoms with E-state index in [1.165, 1.54) is 6.42 Å². The summed E-state index contributed by atoms with van der Waals surface area (Å²) < 4.78 is 0. The summed E-state index contributed by atoms with van der Waals surface area (Å²) in [6.45, 7) is 8.43. The number of hydrogen-bond acceptors (Lipinski definition) is 1. The highest BCUT2D eigenvalue weighted by Crippen LogP contribution is 2.24. The lowest BCUT2D eigenvalue weighted by atomic mass is 9.86. The van der Waals surface area contributed by atoms with Gasteiger partial charge in [-0.15, -0.1) is 0 Å². The topological polar surface area (TPSA) is 20.2 Å². The number of aliphatic hydroxyl groups is 1. The van der Waals surface area contributed by atoms with E-state index in [-0.39, 0.29) is 6.10 Å². The van der Waals surface area contributed by atoms with Crippen molar-refractivity contribution >= 4 is 0 Å². The smallest absolute Gasteiger partial charge is 0.0692 e. The van der Waals surface area contributed by atoms with Gasteiger partial charge in [0.1, 0.15) is 0 Å². The van der Waals surface area contributed by atoms with Crippen molar-refractivity contribution in [2.45, 2.75) is 46.6 Å². The van der Waals surface area contributed by atoms with E-state index in [2.05, 4.69) is 26.8 Å². The fourth-order valence-corrected chi connectivity index (χ4v) is 0.728. The second-order valence-corrected chi connectivity index (χ2v) is 3.89. The maximum atomic E-state index is 8.94. The summed E-state index contributed by atoms with van der Waals surface area (Å²) in [5.74, 6) is 0. The largest absolute Gasteiger partial charge is 0.389 e. The molecular formula is C10H20O. The molecule has 1 atom stereocenters. The standard InChI is InChI=1S/C10H20O/c1-5-10(3,4)8-6-7-9(2)11/h6-7,9,11H,5,8H2,1-4H3/b7-6+. The zero-order chi connectivity index (χ0) is 8.91. The van der Waals surface area contributed by atoms with Gasteiger partial charge in [0, 0.05) is 0 Å².